The normalized spacial score (nSPS) is 10.6. The molecule has 7 nitrogen and oxygen atoms in total. The second kappa shape index (κ2) is 8.70. The molecule has 0 aliphatic heterocycles. The van der Waals surface area contributed by atoms with Crippen LogP contribution >= 0.6 is 23.4 Å². The number of para-hydroxylation sites is 1. The van der Waals surface area contributed by atoms with Crippen LogP contribution in [0.3, 0.4) is 0 Å². The van der Waals surface area contributed by atoms with E-state index in [1.807, 2.05) is 30.3 Å². The van der Waals surface area contributed by atoms with Gasteiger partial charge in [-0.3, -0.25) is 9.59 Å². The number of carbonyl (C=O) groups is 1. The maximum atomic E-state index is 12.4. The highest BCUT2D eigenvalue weighted by atomic mass is 35.5. The lowest BCUT2D eigenvalue weighted by Crippen LogP contribution is -2.34. The Labute approximate surface area is 164 Å². The van der Waals surface area contributed by atoms with E-state index in [-0.39, 0.29) is 22.5 Å². The van der Waals surface area contributed by atoms with Gasteiger partial charge in [0, 0.05) is 6.42 Å². The van der Waals surface area contributed by atoms with Gasteiger partial charge in [-0.1, -0.05) is 65.8 Å². The average Bonchev–Trinajstić information content (AvgIpc) is 2.67. The lowest BCUT2D eigenvalue weighted by molar-refractivity contribution is -0.113. The molecule has 0 aliphatic rings. The number of nitrogen functional groups attached to an aromatic ring is 1. The summed E-state index contributed by atoms with van der Waals surface area (Å²) in [5.41, 5.74) is 1.25. The first-order valence-electron chi connectivity index (χ1n) is 7.99. The monoisotopic (exact) mass is 401 g/mol. The summed E-state index contributed by atoms with van der Waals surface area (Å²) >= 11 is 7.02. The van der Waals surface area contributed by atoms with Crippen molar-refractivity contribution in [3.05, 3.63) is 81.2 Å². The summed E-state index contributed by atoms with van der Waals surface area (Å²) in [6.45, 7) is 0. The Morgan fingerprint density at radius 1 is 1.11 bits per heavy atom. The number of hydrogen-bond donors (Lipinski definition) is 2. The molecular weight excluding hydrogens is 386 g/mol. The van der Waals surface area contributed by atoms with E-state index < -0.39 is 5.56 Å². The molecule has 2 aromatic carbocycles. The molecule has 138 valence electrons. The fraction of sp³-hybridized carbons (Fsp3) is 0.111. The highest BCUT2D eigenvalue weighted by molar-refractivity contribution is 7.99. The van der Waals surface area contributed by atoms with Crippen molar-refractivity contribution in [1.29, 1.82) is 0 Å². The molecule has 0 atom stereocenters. The number of benzene rings is 2. The van der Waals surface area contributed by atoms with Crippen molar-refractivity contribution in [2.75, 3.05) is 16.9 Å². The summed E-state index contributed by atoms with van der Waals surface area (Å²) in [6.07, 6.45) is 0.335. The predicted octanol–water partition coefficient (Wildman–Crippen LogP) is 2.33. The van der Waals surface area contributed by atoms with Gasteiger partial charge in [-0.25, -0.2) is 0 Å². The Morgan fingerprint density at radius 3 is 2.56 bits per heavy atom. The van der Waals surface area contributed by atoms with Gasteiger partial charge < -0.3 is 11.2 Å². The van der Waals surface area contributed by atoms with Crippen LogP contribution in [0.25, 0.3) is 0 Å². The lowest BCUT2D eigenvalue weighted by Gasteiger charge is -2.09. The largest absolute Gasteiger partial charge is 0.334 e. The minimum atomic E-state index is -0.442. The summed E-state index contributed by atoms with van der Waals surface area (Å²) in [6, 6.07) is 16.4. The molecule has 3 N–H and O–H groups in total. The zero-order valence-electron chi connectivity index (χ0n) is 14.1. The Balaban J connectivity index is 1.65. The average molecular weight is 402 g/mol. The van der Waals surface area contributed by atoms with Crippen LogP contribution in [0.1, 0.15) is 11.3 Å². The summed E-state index contributed by atoms with van der Waals surface area (Å²) in [7, 11) is 0. The second-order valence-corrected chi connectivity index (χ2v) is 6.93. The van der Waals surface area contributed by atoms with Gasteiger partial charge in [0.2, 0.25) is 11.1 Å². The Kier molecular flexibility index (Phi) is 6.10. The van der Waals surface area contributed by atoms with Crippen LogP contribution in [0, 0.1) is 0 Å². The number of thioether (sulfide) groups is 1. The van der Waals surface area contributed by atoms with E-state index in [0.717, 1.165) is 22.0 Å². The van der Waals surface area contributed by atoms with Crippen LogP contribution in [0.2, 0.25) is 5.02 Å². The minimum Gasteiger partial charge on any atom is -0.334 e. The SMILES string of the molecule is Nn1c(SCC(=O)Nc2ccccc2Cl)nnc(Cc2ccccc2)c1=O. The summed E-state index contributed by atoms with van der Waals surface area (Å²) in [5.74, 6) is 5.54. The third-order valence-corrected chi connectivity index (χ3v) is 4.90. The van der Waals surface area contributed by atoms with E-state index in [4.69, 9.17) is 17.4 Å². The summed E-state index contributed by atoms with van der Waals surface area (Å²) in [4.78, 5) is 24.5. The Hall–Kier alpha value is -2.84. The molecule has 0 bridgehead atoms. The lowest BCUT2D eigenvalue weighted by atomic mass is 10.1. The van der Waals surface area contributed by atoms with Crippen molar-refractivity contribution < 1.29 is 4.79 Å². The van der Waals surface area contributed by atoms with Crippen molar-refractivity contribution in [1.82, 2.24) is 14.9 Å². The number of rotatable bonds is 6. The maximum Gasteiger partial charge on any atom is 0.294 e. The number of hydrogen-bond acceptors (Lipinski definition) is 6. The summed E-state index contributed by atoms with van der Waals surface area (Å²) in [5, 5.41) is 11.2. The molecule has 9 heteroatoms. The number of anilines is 1. The van der Waals surface area contributed by atoms with Gasteiger partial charge in [0.05, 0.1) is 16.5 Å². The molecule has 3 aromatic rings. The van der Waals surface area contributed by atoms with Gasteiger partial charge in [0.15, 0.2) is 0 Å². The van der Waals surface area contributed by atoms with Gasteiger partial charge in [-0.2, -0.15) is 4.68 Å². The molecule has 0 fully saturated rings. The number of nitrogens with two attached hydrogens (primary N) is 1. The van der Waals surface area contributed by atoms with Crippen molar-refractivity contribution >= 4 is 35.0 Å². The third kappa shape index (κ3) is 4.87. The molecule has 0 saturated carbocycles. The van der Waals surface area contributed by atoms with Crippen LogP contribution in [-0.2, 0) is 11.2 Å². The second-order valence-electron chi connectivity index (χ2n) is 5.58. The molecule has 0 saturated heterocycles. The molecule has 0 aliphatic carbocycles. The fourth-order valence-electron chi connectivity index (χ4n) is 2.30. The molecule has 0 radical (unpaired) electrons. The minimum absolute atomic E-state index is 0.00851. The van der Waals surface area contributed by atoms with Crippen LogP contribution in [0.5, 0.6) is 0 Å². The van der Waals surface area contributed by atoms with E-state index in [1.54, 1.807) is 24.3 Å². The molecule has 0 spiro atoms. The molecule has 0 unspecified atom stereocenters. The topological polar surface area (TPSA) is 103 Å². The van der Waals surface area contributed by atoms with Crippen molar-refractivity contribution in [2.45, 2.75) is 11.6 Å². The molecule has 1 heterocycles. The molecular formula is C18H16ClN5O2S. The number of halogens is 1. The van der Waals surface area contributed by atoms with Gasteiger partial charge in [0.25, 0.3) is 5.56 Å². The van der Waals surface area contributed by atoms with Crippen LogP contribution in [0.15, 0.2) is 64.5 Å². The first-order chi connectivity index (χ1) is 13.0. The van der Waals surface area contributed by atoms with Gasteiger partial charge >= 0.3 is 0 Å². The first kappa shape index (κ1) is 18.9. The van der Waals surface area contributed by atoms with Crippen molar-refractivity contribution in [3.63, 3.8) is 0 Å². The molecule has 1 amide bonds. The predicted molar refractivity (Wildman–Crippen MR) is 106 cm³/mol. The first-order valence-corrected chi connectivity index (χ1v) is 9.35. The van der Waals surface area contributed by atoms with E-state index >= 15 is 0 Å². The van der Waals surface area contributed by atoms with E-state index in [2.05, 4.69) is 15.5 Å². The van der Waals surface area contributed by atoms with Gasteiger partial charge in [-0.05, 0) is 17.7 Å². The van der Waals surface area contributed by atoms with E-state index in [0.29, 0.717) is 17.1 Å². The maximum absolute atomic E-state index is 12.4. The highest BCUT2D eigenvalue weighted by Gasteiger charge is 2.13. The van der Waals surface area contributed by atoms with E-state index in [9.17, 15) is 9.59 Å². The molecule has 27 heavy (non-hydrogen) atoms. The summed E-state index contributed by atoms with van der Waals surface area (Å²) < 4.78 is 0.915. The quantitative estimate of drug-likeness (QED) is 0.485. The Bertz CT molecular complexity index is 1010. The fourth-order valence-corrected chi connectivity index (χ4v) is 3.13. The number of nitrogens with one attached hydrogen (secondary N) is 1. The van der Waals surface area contributed by atoms with Crippen LogP contribution in [-0.4, -0.2) is 26.5 Å². The number of carbonyl (C=O) groups excluding carboxylic acids is 1. The van der Waals surface area contributed by atoms with Gasteiger partial charge in [0.1, 0.15) is 5.69 Å². The standard InChI is InChI=1S/C18H16ClN5O2S/c19-13-8-4-5-9-14(13)21-16(25)11-27-18-23-22-15(17(26)24(18)20)10-12-6-2-1-3-7-12/h1-9H,10-11,20H2,(H,21,25). The van der Waals surface area contributed by atoms with Gasteiger partial charge in [-0.15, -0.1) is 10.2 Å². The highest BCUT2D eigenvalue weighted by Crippen LogP contribution is 2.21. The zero-order chi connectivity index (χ0) is 19.2. The molecule has 1 aromatic heterocycles. The van der Waals surface area contributed by atoms with Crippen LogP contribution < -0.4 is 16.7 Å². The van der Waals surface area contributed by atoms with Crippen LogP contribution in [0.4, 0.5) is 5.69 Å². The third-order valence-electron chi connectivity index (χ3n) is 3.62. The smallest absolute Gasteiger partial charge is 0.294 e. The number of nitrogens with zero attached hydrogens (tertiary/aromatic N) is 3. The van der Waals surface area contributed by atoms with E-state index in [1.165, 1.54) is 0 Å². The zero-order valence-corrected chi connectivity index (χ0v) is 15.7. The number of amides is 1. The van der Waals surface area contributed by atoms with Crippen molar-refractivity contribution in [2.24, 2.45) is 0 Å². The molecule has 3 rings (SSSR count). The number of aromatic nitrogens is 3. The Morgan fingerprint density at radius 2 is 1.81 bits per heavy atom. The van der Waals surface area contributed by atoms with Crippen molar-refractivity contribution in [3.8, 4) is 0 Å².